The minimum Gasteiger partial charge on any atom is -0.300 e. The number of ketones is 2. The minimum absolute atomic E-state index is 0.000357. The predicted octanol–water partition coefficient (Wildman–Crippen LogP) is 3.22. The Balaban J connectivity index is 2.04. The van der Waals surface area contributed by atoms with E-state index in [9.17, 15) is 18.0 Å². The molecule has 12 heteroatoms. The van der Waals surface area contributed by atoms with Gasteiger partial charge in [0.05, 0.1) is 23.7 Å². The van der Waals surface area contributed by atoms with Crippen LogP contribution in [0, 0.1) is 0 Å². The van der Waals surface area contributed by atoms with Crippen LogP contribution in [0.15, 0.2) is 67.8 Å². The zero-order valence-corrected chi connectivity index (χ0v) is 20.3. The molecule has 1 N–H and O–H groups in total. The number of sulfonamides is 1. The van der Waals surface area contributed by atoms with Crippen molar-refractivity contribution in [2.75, 3.05) is 17.8 Å². The number of Topliss-reactive ketones (excluding diaryl/α,β-unsaturated/α-hetero) is 2. The van der Waals surface area contributed by atoms with Crippen LogP contribution in [-0.4, -0.2) is 60.5 Å². The number of hydrogen-bond donors (Lipinski definition) is 1. The summed E-state index contributed by atoms with van der Waals surface area (Å²) >= 11 is 0. The van der Waals surface area contributed by atoms with Crippen molar-refractivity contribution < 1.29 is 18.0 Å². The number of carbonyl (C=O) groups excluding carboxylic acids is 2. The number of nitrogens with zero attached hydrogens (tertiary/aromatic N) is 6. The average molecular weight is 486 g/mol. The highest BCUT2D eigenvalue weighted by Gasteiger charge is 2.17. The van der Waals surface area contributed by atoms with Crippen LogP contribution in [0.4, 0.5) is 11.6 Å². The van der Waals surface area contributed by atoms with Gasteiger partial charge in [-0.05, 0) is 58.0 Å². The first kappa shape index (κ1) is 26.6. The SMILES string of the molecule is CC(=O)CC(C)=NCCN=C(C)C(N=Nc1ccc(S(=O)(=O)Nc2ncccn2)cc1)C(C)=O. The number of carbonyl (C=O) groups is 2. The van der Waals surface area contributed by atoms with Gasteiger partial charge in [-0.25, -0.2) is 23.1 Å². The van der Waals surface area contributed by atoms with Gasteiger partial charge < -0.3 is 0 Å². The Bertz CT molecular complexity index is 1190. The van der Waals surface area contributed by atoms with Crippen LogP contribution >= 0.6 is 0 Å². The maximum Gasteiger partial charge on any atom is 0.264 e. The minimum atomic E-state index is -3.86. The van der Waals surface area contributed by atoms with Gasteiger partial charge >= 0.3 is 0 Å². The zero-order valence-electron chi connectivity index (χ0n) is 19.5. The molecule has 34 heavy (non-hydrogen) atoms. The monoisotopic (exact) mass is 485 g/mol. The van der Waals surface area contributed by atoms with Gasteiger partial charge in [0.2, 0.25) is 5.95 Å². The molecule has 0 spiro atoms. The third-order valence-electron chi connectivity index (χ3n) is 4.36. The van der Waals surface area contributed by atoms with E-state index in [1.807, 2.05) is 0 Å². The van der Waals surface area contributed by atoms with Crippen molar-refractivity contribution in [1.29, 1.82) is 0 Å². The van der Waals surface area contributed by atoms with E-state index in [2.05, 4.69) is 34.9 Å². The van der Waals surface area contributed by atoms with Gasteiger partial charge in [0, 0.05) is 30.2 Å². The van der Waals surface area contributed by atoms with Gasteiger partial charge in [0.1, 0.15) is 5.78 Å². The lowest BCUT2D eigenvalue weighted by atomic mass is 10.1. The van der Waals surface area contributed by atoms with Crippen molar-refractivity contribution in [3.63, 3.8) is 0 Å². The van der Waals surface area contributed by atoms with Crippen molar-refractivity contribution in [2.24, 2.45) is 20.2 Å². The molecule has 0 aliphatic carbocycles. The number of azo groups is 1. The van der Waals surface area contributed by atoms with Crippen LogP contribution in [0.2, 0.25) is 0 Å². The Morgan fingerprint density at radius 3 is 2.18 bits per heavy atom. The Hall–Kier alpha value is -3.67. The van der Waals surface area contributed by atoms with Crippen LogP contribution in [0.1, 0.15) is 34.1 Å². The molecule has 2 aromatic rings. The van der Waals surface area contributed by atoms with Crippen LogP contribution in [0.25, 0.3) is 0 Å². The van der Waals surface area contributed by atoms with E-state index in [0.29, 0.717) is 30.9 Å². The highest BCUT2D eigenvalue weighted by Crippen LogP contribution is 2.19. The summed E-state index contributed by atoms with van der Waals surface area (Å²) in [5.74, 6) is -0.220. The largest absolute Gasteiger partial charge is 0.300 e. The molecule has 0 fully saturated rings. The highest BCUT2D eigenvalue weighted by molar-refractivity contribution is 7.92. The molecule has 11 nitrogen and oxygen atoms in total. The second-order valence-electron chi connectivity index (χ2n) is 7.42. The lowest BCUT2D eigenvalue weighted by molar-refractivity contribution is -0.117. The number of hydrogen-bond acceptors (Lipinski definition) is 10. The molecule has 0 radical (unpaired) electrons. The van der Waals surface area contributed by atoms with E-state index in [4.69, 9.17) is 0 Å². The molecular weight excluding hydrogens is 458 g/mol. The molecule has 1 aromatic carbocycles. The molecule has 0 aliphatic rings. The number of rotatable bonds is 12. The van der Waals surface area contributed by atoms with E-state index in [0.717, 1.165) is 5.71 Å². The first-order valence-electron chi connectivity index (χ1n) is 10.4. The molecule has 0 amide bonds. The van der Waals surface area contributed by atoms with Crippen LogP contribution < -0.4 is 4.72 Å². The Morgan fingerprint density at radius 1 is 0.971 bits per heavy atom. The Labute approximate surface area is 198 Å². The Morgan fingerprint density at radius 2 is 1.59 bits per heavy atom. The fourth-order valence-electron chi connectivity index (χ4n) is 2.78. The first-order chi connectivity index (χ1) is 16.1. The van der Waals surface area contributed by atoms with E-state index >= 15 is 0 Å². The number of aliphatic imine (C=N–C) groups is 2. The van der Waals surface area contributed by atoms with Crippen molar-refractivity contribution >= 4 is 44.6 Å². The van der Waals surface area contributed by atoms with Crippen molar-refractivity contribution in [3.05, 3.63) is 42.7 Å². The van der Waals surface area contributed by atoms with Gasteiger partial charge in [-0.1, -0.05) is 0 Å². The van der Waals surface area contributed by atoms with Gasteiger partial charge in [0.15, 0.2) is 11.8 Å². The quantitative estimate of drug-likeness (QED) is 0.276. The predicted molar refractivity (Wildman–Crippen MR) is 130 cm³/mol. The number of anilines is 1. The molecule has 1 atom stereocenters. The lowest BCUT2D eigenvalue weighted by Crippen LogP contribution is -2.24. The van der Waals surface area contributed by atoms with Gasteiger partial charge in [-0.15, -0.1) is 0 Å². The standard InChI is InChI=1S/C22H27N7O4S/c1-15(14-16(2)30)23-12-13-24-17(3)21(18(4)31)28-27-19-6-8-20(9-7-19)34(32,33)29-22-25-10-5-11-26-22/h5-11,21H,12-14H2,1-4H3,(H,25,26,29). The molecule has 0 saturated heterocycles. The summed E-state index contributed by atoms with van der Waals surface area (Å²) < 4.78 is 27.2. The smallest absolute Gasteiger partial charge is 0.264 e. The van der Waals surface area contributed by atoms with Gasteiger partial charge in [0.25, 0.3) is 10.0 Å². The topological polar surface area (TPSA) is 156 Å². The highest BCUT2D eigenvalue weighted by atomic mass is 32.2. The maximum atomic E-state index is 12.4. The molecule has 1 aromatic heterocycles. The molecule has 0 bridgehead atoms. The second kappa shape index (κ2) is 12.5. The third kappa shape index (κ3) is 8.70. The van der Waals surface area contributed by atoms with E-state index in [1.165, 1.54) is 50.5 Å². The summed E-state index contributed by atoms with van der Waals surface area (Å²) in [5.41, 5.74) is 1.60. The van der Waals surface area contributed by atoms with Crippen LogP contribution in [0.3, 0.4) is 0 Å². The van der Waals surface area contributed by atoms with E-state index in [1.54, 1.807) is 19.9 Å². The number of benzene rings is 1. The Kier molecular flexibility index (Phi) is 9.80. The van der Waals surface area contributed by atoms with E-state index in [-0.39, 0.29) is 22.4 Å². The van der Waals surface area contributed by atoms with Crippen molar-refractivity contribution in [1.82, 2.24) is 9.97 Å². The van der Waals surface area contributed by atoms with Gasteiger partial charge in [-0.2, -0.15) is 10.2 Å². The van der Waals surface area contributed by atoms with Gasteiger partial charge in [-0.3, -0.25) is 19.6 Å². The molecule has 0 aliphatic heterocycles. The van der Waals surface area contributed by atoms with E-state index < -0.39 is 16.1 Å². The molecule has 1 unspecified atom stereocenters. The van der Waals surface area contributed by atoms with Crippen LogP contribution in [0.5, 0.6) is 0 Å². The first-order valence-corrected chi connectivity index (χ1v) is 11.9. The summed E-state index contributed by atoms with van der Waals surface area (Å²) in [6, 6.07) is 6.39. The van der Waals surface area contributed by atoms with Crippen LogP contribution in [-0.2, 0) is 19.6 Å². The summed E-state index contributed by atoms with van der Waals surface area (Å²) in [7, 11) is -3.86. The molecule has 1 heterocycles. The summed E-state index contributed by atoms with van der Waals surface area (Å²) in [6.45, 7) is 7.12. The summed E-state index contributed by atoms with van der Waals surface area (Å²) in [5, 5.41) is 8.15. The molecule has 180 valence electrons. The molecule has 0 saturated carbocycles. The van der Waals surface area contributed by atoms with Crippen molar-refractivity contribution in [3.8, 4) is 0 Å². The number of nitrogens with one attached hydrogen (secondary N) is 1. The average Bonchev–Trinajstić information content (AvgIpc) is 2.77. The third-order valence-corrected chi connectivity index (χ3v) is 5.70. The van der Waals surface area contributed by atoms with Crippen molar-refractivity contribution in [2.45, 2.75) is 45.1 Å². The summed E-state index contributed by atoms with van der Waals surface area (Å²) in [4.78, 5) is 39.4. The maximum absolute atomic E-state index is 12.4. The normalized spacial score (nSPS) is 13.6. The number of aromatic nitrogens is 2. The second-order valence-corrected chi connectivity index (χ2v) is 9.10. The zero-order chi connectivity index (χ0) is 25.1. The lowest BCUT2D eigenvalue weighted by Gasteiger charge is -2.08. The fourth-order valence-corrected chi connectivity index (χ4v) is 3.73. The molecule has 2 rings (SSSR count). The summed E-state index contributed by atoms with van der Waals surface area (Å²) in [6.07, 6.45) is 3.16. The molecular formula is C22H27N7O4S. The fraction of sp³-hybridized carbons (Fsp3) is 0.364.